The van der Waals surface area contributed by atoms with Crippen molar-refractivity contribution in [3.63, 3.8) is 0 Å². The zero-order valence-electron chi connectivity index (χ0n) is 27.0. The molecule has 1 unspecified atom stereocenters. The van der Waals surface area contributed by atoms with Crippen LogP contribution < -0.4 is 39.3 Å². The number of aliphatic hydroxyl groups is 6. The number of aliphatic hydroxyl groups excluding tert-OH is 6. The van der Waals surface area contributed by atoms with E-state index in [1.807, 2.05) is 0 Å². The van der Waals surface area contributed by atoms with Crippen molar-refractivity contribution in [1.82, 2.24) is 10.6 Å². The second-order valence-corrected chi connectivity index (χ2v) is 12.6. The summed E-state index contributed by atoms with van der Waals surface area (Å²) in [7, 11) is 1.72. The van der Waals surface area contributed by atoms with Gasteiger partial charge in [-0.2, -0.15) is 0 Å². The van der Waals surface area contributed by atoms with E-state index in [1.54, 1.807) is 19.2 Å². The van der Waals surface area contributed by atoms with Crippen LogP contribution in [0, 0.1) is 0 Å². The molecule has 3 aliphatic heterocycles. The van der Waals surface area contributed by atoms with Gasteiger partial charge in [0.1, 0.15) is 61.1 Å². The van der Waals surface area contributed by atoms with Crippen molar-refractivity contribution in [3.8, 4) is 0 Å². The number of halogens is 1. The number of alkyl halides is 1. The van der Waals surface area contributed by atoms with Crippen molar-refractivity contribution >= 4 is 5.91 Å². The summed E-state index contributed by atoms with van der Waals surface area (Å²) in [5.41, 5.74) is 29.6. The zero-order valence-corrected chi connectivity index (χ0v) is 27.0. The Morgan fingerprint density at radius 1 is 0.898 bits per heavy atom. The van der Waals surface area contributed by atoms with E-state index >= 15 is 0 Å². The Morgan fingerprint density at radius 3 is 2.18 bits per heavy atom. The number of nitrogens with one attached hydrogen (secondary N) is 2. The Morgan fingerprint density at radius 2 is 1.55 bits per heavy atom. The van der Waals surface area contributed by atoms with Gasteiger partial charge >= 0.3 is 0 Å². The summed E-state index contributed by atoms with van der Waals surface area (Å²) in [6.07, 6.45) is -18.2. The molecular formula is C28H52FN7O13. The molecule has 0 aromatic rings. The fraction of sp³-hybridized carbons (Fsp3) is 0.893. The summed E-state index contributed by atoms with van der Waals surface area (Å²) in [4.78, 5) is 12.6. The number of ether oxygens (including phenoxy) is 6. The van der Waals surface area contributed by atoms with E-state index in [-0.39, 0.29) is 13.0 Å². The third-order valence-electron chi connectivity index (χ3n) is 9.09. The van der Waals surface area contributed by atoms with Crippen molar-refractivity contribution in [2.24, 2.45) is 28.7 Å². The fourth-order valence-electron chi connectivity index (χ4n) is 6.23. The third kappa shape index (κ3) is 9.08. The molecule has 1 saturated carbocycles. The van der Waals surface area contributed by atoms with Crippen molar-refractivity contribution in [2.75, 3.05) is 33.3 Å². The van der Waals surface area contributed by atoms with Gasteiger partial charge in [-0.3, -0.25) is 4.79 Å². The second-order valence-electron chi connectivity index (χ2n) is 12.6. The molecule has 1 aliphatic carbocycles. The number of rotatable bonds is 14. The van der Waals surface area contributed by atoms with Crippen LogP contribution in [-0.2, 0) is 33.2 Å². The first-order valence-electron chi connectivity index (χ1n) is 16.1. The van der Waals surface area contributed by atoms with E-state index in [0.717, 1.165) is 0 Å². The monoisotopic (exact) mass is 713 g/mol. The maximum atomic E-state index is 14.0. The molecule has 49 heavy (non-hydrogen) atoms. The van der Waals surface area contributed by atoms with Crippen molar-refractivity contribution in [3.05, 3.63) is 12.2 Å². The lowest BCUT2D eigenvalue weighted by molar-refractivity contribution is -0.284. The van der Waals surface area contributed by atoms with Crippen LogP contribution in [0.15, 0.2) is 12.2 Å². The molecule has 20 nitrogen and oxygen atoms in total. The van der Waals surface area contributed by atoms with E-state index in [1.165, 1.54) is 0 Å². The minimum Gasteiger partial charge on any atom is -0.394 e. The molecule has 0 aromatic heterocycles. The first kappa shape index (κ1) is 40.2. The van der Waals surface area contributed by atoms with Gasteiger partial charge in [-0.15, -0.1) is 0 Å². The van der Waals surface area contributed by atoms with Crippen molar-refractivity contribution < 1.29 is 68.2 Å². The SMILES string of the molecule is CNC[C@@H]1C=C[C@@H](N)[C@@H](O[C@H]2[C@H](O[C@@H]3O[C@H](CO)[C@@H](O[C@H]4O[C@@H](CN)[C@@H](O)[C@H](O)[C@H]4N)[C@H]3O)[C@@H](O)[C@H](NC(=O)C(O)[C@@H](F)CN)C[C@@H]2N)O1. The highest BCUT2D eigenvalue weighted by Crippen LogP contribution is 2.34. The average Bonchev–Trinajstić information content (AvgIpc) is 3.38. The van der Waals surface area contributed by atoms with Gasteiger partial charge in [0, 0.05) is 25.7 Å². The van der Waals surface area contributed by atoms with E-state index in [4.69, 9.17) is 57.1 Å². The highest BCUT2D eigenvalue weighted by atomic mass is 19.1. The molecule has 4 rings (SSSR count). The second kappa shape index (κ2) is 17.8. The summed E-state index contributed by atoms with van der Waals surface area (Å²) in [5.74, 6) is -1.16. The Labute approximate surface area is 281 Å². The smallest absolute Gasteiger partial charge is 0.252 e. The molecule has 18 N–H and O–H groups in total. The molecule has 3 heterocycles. The molecule has 19 atom stereocenters. The summed E-state index contributed by atoms with van der Waals surface area (Å²) >= 11 is 0. The summed E-state index contributed by atoms with van der Waals surface area (Å²) < 4.78 is 49.4. The minimum absolute atomic E-state index is 0.145. The molecule has 0 spiro atoms. The molecule has 2 saturated heterocycles. The van der Waals surface area contributed by atoms with Crippen LogP contribution >= 0.6 is 0 Å². The van der Waals surface area contributed by atoms with Crippen LogP contribution in [0.1, 0.15) is 6.42 Å². The maximum absolute atomic E-state index is 14.0. The Balaban J connectivity index is 1.56. The van der Waals surface area contributed by atoms with Gasteiger partial charge in [0.05, 0.1) is 30.8 Å². The molecular weight excluding hydrogens is 661 g/mol. The van der Waals surface area contributed by atoms with Gasteiger partial charge in [0.2, 0.25) is 0 Å². The standard InChI is InChI=1S/C28H52FN7O13/c1-35-7-9-2-3-11(32)26(44-9)47-22-12(33)4-13(36-25(43)17(38)10(29)5-30)18(39)24(22)49-28-21(42)23(15(8-37)46-28)48-27-16(34)20(41)19(40)14(6-31)45-27/h2-3,9-24,26-28,35,37-42H,4-8,30-34H2,1H3,(H,36,43)/t9-,10-,11+,12-,13+,14-,15+,16+,17?,18-,19+,20+,21+,22+,23+,24+,26+,27+,28-/m0/s1. The van der Waals surface area contributed by atoms with Crippen LogP contribution in [0.3, 0.4) is 0 Å². The highest BCUT2D eigenvalue weighted by Gasteiger charge is 2.54. The number of carbonyl (C=O) groups is 1. The average molecular weight is 714 g/mol. The van der Waals surface area contributed by atoms with Crippen LogP contribution in [0.5, 0.6) is 0 Å². The molecule has 284 valence electrons. The first-order valence-corrected chi connectivity index (χ1v) is 16.1. The highest BCUT2D eigenvalue weighted by molar-refractivity contribution is 5.81. The van der Waals surface area contributed by atoms with E-state index in [0.29, 0.717) is 6.54 Å². The Bertz CT molecular complexity index is 1090. The van der Waals surface area contributed by atoms with Crippen LogP contribution in [0.25, 0.3) is 0 Å². The van der Waals surface area contributed by atoms with Gasteiger partial charge < -0.3 is 98.4 Å². The van der Waals surface area contributed by atoms with Crippen molar-refractivity contribution in [2.45, 2.75) is 123 Å². The normalized spacial score (nSPS) is 45.6. The summed E-state index contributed by atoms with van der Waals surface area (Å²) in [5, 5.41) is 68.9. The predicted octanol–water partition coefficient (Wildman–Crippen LogP) is -7.99. The van der Waals surface area contributed by atoms with Crippen LogP contribution in [0.4, 0.5) is 4.39 Å². The van der Waals surface area contributed by atoms with Gasteiger partial charge in [-0.1, -0.05) is 12.2 Å². The lowest BCUT2D eigenvalue weighted by Gasteiger charge is -2.46. The Kier molecular flexibility index (Phi) is 14.6. The molecule has 1 amide bonds. The fourth-order valence-corrected chi connectivity index (χ4v) is 6.23. The lowest BCUT2D eigenvalue weighted by Crippen LogP contribution is -2.67. The first-order chi connectivity index (χ1) is 23.3. The molecule has 4 aliphatic rings. The van der Waals surface area contributed by atoms with Gasteiger partial charge in [-0.25, -0.2) is 4.39 Å². The topological polar surface area (TPSA) is 348 Å². The maximum Gasteiger partial charge on any atom is 0.252 e. The number of likely N-dealkylation sites (N-methyl/N-ethyl adjacent to an activating group) is 1. The number of amides is 1. The van der Waals surface area contributed by atoms with Gasteiger partial charge in [-0.05, 0) is 13.5 Å². The zero-order chi connectivity index (χ0) is 36.2. The van der Waals surface area contributed by atoms with E-state index < -0.39 is 135 Å². The minimum atomic E-state index is -2.14. The number of carbonyl (C=O) groups excluding carboxylic acids is 1. The Hall–Kier alpha value is -1.58. The molecule has 0 bridgehead atoms. The van der Waals surface area contributed by atoms with Gasteiger partial charge in [0.25, 0.3) is 5.91 Å². The molecule has 0 radical (unpaired) electrons. The van der Waals surface area contributed by atoms with Gasteiger partial charge in [0.15, 0.2) is 25.0 Å². The molecule has 21 heteroatoms. The quantitative estimate of drug-likeness (QED) is 0.0743. The summed E-state index contributed by atoms with van der Waals surface area (Å²) in [6.45, 7) is -1.12. The third-order valence-corrected chi connectivity index (χ3v) is 9.09. The lowest BCUT2D eigenvalue weighted by atomic mass is 9.83. The van der Waals surface area contributed by atoms with E-state index in [2.05, 4.69) is 10.6 Å². The largest absolute Gasteiger partial charge is 0.394 e. The van der Waals surface area contributed by atoms with Crippen LogP contribution in [-0.4, -0.2) is 186 Å². The predicted molar refractivity (Wildman–Crippen MR) is 164 cm³/mol. The van der Waals surface area contributed by atoms with E-state index in [9.17, 15) is 39.8 Å². The van der Waals surface area contributed by atoms with Crippen LogP contribution in [0.2, 0.25) is 0 Å². The molecule has 3 fully saturated rings. The summed E-state index contributed by atoms with van der Waals surface area (Å²) in [6, 6.07) is -4.29. The molecule has 0 aromatic carbocycles. The number of hydrogen-bond acceptors (Lipinski definition) is 19. The number of hydrogen-bond donors (Lipinski definition) is 13. The number of nitrogens with two attached hydrogens (primary N) is 5. The van der Waals surface area contributed by atoms with Crippen molar-refractivity contribution in [1.29, 1.82) is 0 Å².